The van der Waals surface area contributed by atoms with Crippen LogP contribution in [0.1, 0.15) is 22.3 Å². The molecule has 3 heteroatoms. The van der Waals surface area contributed by atoms with E-state index in [1.165, 1.54) is 22.3 Å². The molecule has 0 saturated heterocycles. The molecule has 1 N–H and O–H groups in total. The number of hydrogen-bond acceptors (Lipinski definition) is 2. The molecule has 3 nitrogen and oxygen atoms in total. The standard InChI is InChI=1S/C18H18N2O/c21-18(20-11-15-7-3-4-8-16(15)12-20)17-9-13-5-1-2-6-14(13)10-19-17/h1-8,17,19H,9-12H2/t17-/m0/s1. The van der Waals surface area contributed by atoms with Crippen LogP contribution in [0.2, 0.25) is 0 Å². The molecule has 1 atom stereocenters. The summed E-state index contributed by atoms with van der Waals surface area (Å²) in [6, 6.07) is 16.6. The van der Waals surface area contributed by atoms with E-state index in [1.54, 1.807) is 0 Å². The first-order valence-electron chi connectivity index (χ1n) is 7.47. The van der Waals surface area contributed by atoms with Gasteiger partial charge in [0.1, 0.15) is 0 Å². The summed E-state index contributed by atoms with van der Waals surface area (Å²) in [5.41, 5.74) is 5.17. The highest BCUT2D eigenvalue weighted by Gasteiger charge is 2.30. The van der Waals surface area contributed by atoms with E-state index in [1.807, 2.05) is 17.0 Å². The highest BCUT2D eigenvalue weighted by Crippen LogP contribution is 2.24. The van der Waals surface area contributed by atoms with Gasteiger partial charge in [-0.25, -0.2) is 0 Å². The van der Waals surface area contributed by atoms with Crippen LogP contribution in [0.3, 0.4) is 0 Å². The lowest BCUT2D eigenvalue weighted by Gasteiger charge is -2.28. The number of hydrogen-bond donors (Lipinski definition) is 1. The summed E-state index contributed by atoms with van der Waals surface area (Å²) >= 11 is 0. The van der Waals surface area contributed by atoms with Crippen LogP contribution in [0, 0.1) is 0 Å². The summed E-state index contributed by atoms with van der Waals surface area (Å²) in [6.45, 7) is 2.27. The number of nitrogens with zero attached hydrogens (tertiary/aromatic N) is 1. The van der Waals surface area contributed by atoms with Crippen molar-refractivity contribution in [3.8, 4) is 0 Å². The molecule has 0 saturated carbocycles. The van der Waals surface area contributed by atoms with Crippen LogP contribution < -0.4 is 5.32 Å². The second-order valence-electron chi connectivity index (χ2n) is 5.87. The summed E-state index contributed by atoms with van der Waals surface area (Å²) in [4.78, 5) is 14.7. The number of carbonyl (C=O) groups is 1. The van der Waals surface area contributed by atoms with Crippen LogP contribution in [0.4, 0.5) is 0 Å². The van der Waals surface area contributed by atoms with Crippen LogP contribution >= 0.6 is 0 Å². The molecule has 2 aromatic carbocycles. The van der Waals surface area contributed by atoms with Gasteiger partial charge in [-0.15, -0.1) is 0 Å². The average Bonchev–Trinajstić information content (AvgIpc) is 2.97. The zero-order chi connectivity index (χ0) is 14.2. The van der Waals surface area contributed by atoms with Crippen LogP contribution in [0.15, 0.2) is 48.5 Å². The minimum atomic E-state index is -0.0887. The normalized spacial score (nSPS) is 20.0. The molecule has 2 heterocycles. The molecule has 106 valence electrons. The maximum Gasteiger partial charge on any atom is 0.240 e. The number of amides is 1. The summed E-state index contributed by atoms with van der Waals surface area (Å²) in [6.07, 6.45) is 0.794. The third kappa shape index (κ3) is 2.24. The molecule has 0 spiro atoms. The Kier molecular flexibility index (Phi) is 3.00. The van der Waals surface area contributed by atoms with Crippen LogP contribution in [-0.4, -0.2) is 16.8 Å². The quantitative estimate of drug-likeness (QED) is 0.867. The molecule has 2 aliphatic rings. The molecule has 0 unspecified atom stereocenters. The van der Waals surface area contributed by atoms with Crippen molar-refractivity contribution in [1.29, 1.82) is 0 Å². The van der Waals surface area contributed by atoms with Crippen molar-refractivity contribution in [1.82, 2.24) is 10.2 Å². The van der Waals surface area contributed by atoms with Crippen molar-refractivity contribution >= 4 is 5.91 Å². The van der Waals surface area contributed by atoms with Gasteiger partial charge in [0.2, 0.25) is 5.91 Å². The van der Waals surface area contributed by atoms with Crippen LogP contribution in [0.5, 0.6) is 0 Å². The number of rotatable bonds is 1. The van der Waals surface area contributed by atoms with E-state index in [-0.39, 0.29) is 11.9 Å². The third-order valence-electron chi connectivity index (χ3n) is 4.53. The summed E-state index contributed by atoms with van der Waals surface area (Å²) < 4.78 is 0. The number of fused-ring (bicyclic) bond motifs is 2. The topological polar surface area (TPSA) is 32.3 Å². The maximum atomic E-state index is 12.7. The third-order valence-corrected chi connectivity index (χ3v) is 4.53. The van der Waals surface area contributed by atoms with Crippen LogP contribution in [-0.2, 0) is 30.8 Å². The minimum Gasteiger partial charge on any atom is -0.333 e. The van der Waals surface area contributed by atoms with E-state index >= 15 is 0 Å². The monoisotopic (exact) mass is 278 g/mol. The van der Waals surface area contributed by atoms with Crippen LogP contribution in [0.25, 0.3) is 0 Å². The fourth-order valence-corrected chi connectivity index (χ4v) is 3.34. The predicted molar refractivity (Wildman–Crippen MR) is 81.5 cm³/mol. The molecule has 4 rings (SSSR count). The first-order chi connectivity index (χ1) is 10.3. The van der Waals surface area contributed by atoms with Crippen molar-refractivity contribution in [3.63, 3.8) is 0 Å². The second-order valence-corrected chi connectivity index (χ2v) is 5.87. The molecule has 0 aliphatic carbocycles. The van der Waals surface area contributed by atoms with Gasteiger partial charge < -0.3 is 10.2 Å². The van der Waals surface area contributed by atoms with Gasteiger partial charge in [-0.05, 0) is 28.7 Å². The lowest BCUT2D eigenvalue weighted by molar-refractivity contribution is -0.134. The van der Waals surface area contributed by atoms with Crippen molar-refractivity contribution in [2.24, 2.45) is 0 Å². The molecule has 0 bridgehead atoms. The maximum absolute atomic E-state index is 12.7. The smallest absolute Gasteiger partial charge is 0.240 e. The fourth-order valence-electron chi connectivity index (χ4n) is 3.34. The predicted octanol–water partition coefficient (Wildman–Crippen LogP) is 2.24. The van der Waals surface area contributed by atoms with Gasteiger partial charge in [0.15, 0.2) is 0 Å². The minimum absolute atomic E-state index is 0.0887. The van der Waals surface area contributed by atoms with Gasteiger partial charge in [-0.2, -0.15) is 0 Å². The Morgan fingerprint density at radius 3 is 2.14 bits per heavy atom. The van der Waals surface area contributed by atoms with E-state index < -0.39 is 0 Å². The Morgan fingerprint density at radius 1 is 0.905 bits per heavy atom. The summed E-state index contributed by atoms with van der Waals surface area (Å²) in [5.74, 6) is 0.223. The van der Waals surface area contributed by atoms with E-state index in [9.17, 15) is 4.79 Å². The first-order valence-corrected chi connectivity index (χ1v) is 7.47. The van der Waals surface area contributed by atoms with Gasteiger partial charge >= 0.3 is 0 Å². The lowest BCUT2D eigenvalue weighted by atomic mass is 9.95. The van der Waals surface area contributed by atoms with E-state index in [0.29, 0.717) is 0 Å². The molecular weight excluding hydrogens is 260 g/mol. The zero-order valence-corrected chi connectivity index (χ0v) is 11.9. The highest BCUT2D eigenvalue weighted by atomic mass is 16.2. The van der Waals surface area contributed by atoms with E-state index in [2.05, 4.69) is 41.7 Å². The molecule has 0 fully saturated rings. The highest BCUT2D eigenvalue weighted by molar-refractivity contribution is 5.83. The van der Waals surface area contributed by atoms with Gasteiger partial charge in [-0.1, -0.05) is 48.5 Å². The number of benzene rings is 2. The number of carbonyl (C=O) groups excluding carboxylic acids is 1. The molecular formula is C18H18N2O. The van der Waals surface area contributed by atoms with Gasteiger partial charge in [-0.3, -0.25) is 4.79 Å². The van der Waals surface area contributed by atoms with Crippen molar-refractivity contribution < 1.29 is 4.79 Å². The zero-order valence-electron chi connectivity index (χ0n) is 11.9. The van der Waals surface area contributed by atoms with E-state index in [0.717, 1.165) is 26.1 Å². The Morgan fingerprint density at radius 2 is 1.48 bits per heavy atom. The molecule has 0 radical (unpaired) electrons. The molecule has 0 aromatic heterocycles. The molecule has 2 aliphatic heterocycles. The molecule has 1 amide bonds. The SMILES string of the molecule is O=C([C@@H]1Cc2ccccc2CN1)N1Cc2ccccc2C1. The second kappa shape index (κ2) is 5.01. The fraction of sp³-hybridized carbons (Fsp3) is 0.278. The largest absolute Gasteiger partial charge is 0.333 e. The Hall–Kier alpha value is -2.13. The molecule has 2 aromatic rings. The Bertz CT molecular complexity index is 670. The summed E-state index contributed by atoms with van der Waals surface area (Å²) in [5, 5.41) is 3.39. The van der Waals surface area contributed by atoms with Gasteiger partial charge in [0.05, 0.1) is 6.04 Å². The Balaban J connectivity index is 1.50. The number of nitrogens with one attached hydrogen (secondary N) is 1. The Labute approximate surface area is 124 Å². The average molecular weight is 278 g/mol. The van der Waals surface area contributed by atoms with Gasteiger partial charge in [0, 0.05) is 19.6 Å². The summed E-state index contributed by atoms with van der Waals surface area (Å²) in [7, 11) is 0. The lowest BCUT2D eigenvalue weighted by Crippen LogP contribution is -2.47. The van der Waals surface area contributed by atoms with Gasteiger partial charge in [0.25, 0.3) is 0 Å². The van der Waals surface area contributed by atoms with E-state index in [4.69, 9.17) is 0 Å². The molecule has 21 heavy (non-hydrogen) atoms. The van der Waals surface area contributed by atoms with Crippen molar-refractivity contribution in [2.75, 3.05) is 0 Å². The van der Waals surface area contributed by atoms with Crippen molar-refractivity contribution in [2.45, 2.75) is 32.1 Å². The van der Waals surface area contributed by atoms with Crippen molar-refractivity contribution in [3.05, 3.63) is 70.8 Å². The first kappa shape index (κ1) is 12.6.